The molecule has 0 unspecified atom stereocenters. The van der Waals surface area contributed by atoms with Crippen molar-refractivity contribution in [2.24, 2.45) is 0 Å². The van der Waals surface area contributed by atoms with E-state index < -0.39 is 17.7 Å². The van der Waals surface area contributed by atoms with Gasteiger partial charge >= 0.3 is 12.1 Å². The lowest BCUT2D eigenvalue weighted by Crippen LogP contribution is -2.07. The molecule has 1 aromatic rings. The van der Waals surface area contributed by atoms with Crippen LogP contribution in [0.5, 0.6) is 0 Å². The molecule has 0 fully saturated rings. The van der Waals surface area contributed by atoms with Gasteiger partial charge in [-0.2, -0.15) is 13.2 Å². The fourth-order valence-corrected chi connectivity index (χ4v) is 1.22. The summed E-state index contributed by atoms with van der Waals surface area (Å²) in [5.41, 5.74) is -0.191. The molecule has 88 valence electrons. The molecule has 0 aromatic heterocycles. The van der Waals surface area contributed by atoms with Gasteiger partial charge in [0.1, 0.15) is 0 Å². The third-order valence-electron chi connectivity index (χ3n) is 1.95. The molecule has 0 aliphatic heterocycles. The zero-order chi connectivity index (χ0) is 12.2. The van der Waals surface area contributed by atoms with E-state index in [0.29, 0.717) is 5.56 Å². The largest absolute Gasteiger partial charge is 0.466 e. The quantitative estimate of drug-likeness (QED) is 0.749. The first-order chi connectivity index (χ1) is 7.39. The Morgan fingerprint density at radius 1 is 1.38 bits per heavy atom. The van der Waals surface area contributed by atoms with Crippen molar-refractivity contribution in [1.29, 1.82) is 0 Å². The number of halogens is 3. The molecular formula is C11H11F3O2. The van der Waals surface area contributed by atoms with Gasteiger partial charge in [-0.1, -0.05) is 18.2 Å². The molecule has 0 spiro atoms. The van der Waals surface area contributed by atoms with Crippen molar-refractivity contribution < 1.29 is 22.7 Å². The summed E-state index contributed by atoms with van der Waals surface area (Å²) in [6.07, 6.45) is -4.05. The van der Waals surface area contributed by atoms with Gasteiger partial charge in [-0.15, -0.1) is 0 Å². The molecule has 1 aromatic carbocycles. The highest BCUT2D eigenvalue weighted by molar-refractivity contribution is 5.65. The highest BCUT2D eigenvalue weighted by atomic mass is 19.4. The van der Waals surface area contributed by atoms with E-state index in [2.05, 4.69) is 4.74 Å². The Labute approximate surface area is 91.0 Å². The number of carbonyl (C=O) groups excluding carboxylic acids is 1. The standard InChI is InChI=1S/C11H11F3O2/c1-8(15)16-6-5-9-3-2-4-10(7-9)11(12,13)14/h2-4,7H,5-6H2,1H3. The Bertz CT molecular complexity index is 372. The van der Waals surface area contributed by atoms with Gasteiger partial charge in [0.15, 0.2) is 0 Å². The average molecular weight is 232 g/mol. The van der Waals surface area contributed by atoms with Crippen LogP contribution in [0.3, 0.4) is 0 Å². The molecule has 0 saturated heterocycles. The number of carbonyl (C=O) groups is 1. The summed E-state index contributed by atoms with van der Waals surface area (Å²) in [7, 11) is 0. The highest BCUT2D eigenvalue weighted by Crippen LogP contribution is 2.29. The molecule has 0 heterocycles. The predicted molar refractivity (Wildman–Crippen MR) is 51.8 cm³/mol. The summed E-state index contributed by atoms with van der Waals surface area (Å²) in [4.78, 5) is 10.5. The van der Waals surface area contributed by atoms with Crippen molar-refractivity contribution in [3.63, 3.8) is 0 Å². The highest BCUT2D eigenvalue weighted by Gasteiger charge is 2.30. The average Bonchev–Trinajstić information content (AvgIpc) is 2.16. The summed E-state index contributed by atoms with van der Waals surface area (Å²) in [5, 5.41) is 0. The van der Waals surface area contributed by atoms with Crippen molar-refractivity contribution in [2.75, 3.05) is 6.61 Å². The second kappa shape index (κ2) is 5.01. The Balaban J connectivity index is 2.64. The number of hydrogen-bond donors (Lipinski definition) is 0. The van der Waals surface area contributed by atoms with Crippen LogP contribution >= 0.6 is 0 Å². The normalized spacial score (nSPS) is 11.2. The van der Waals surface area contributed by atoms with Gasteiger partial charge in [0.2, 0.25) is 0 Å². The van der Waals surface area contributed by atoms with Gasteiger partial charge in [0.05, 0.1) is 12.2 Å². The molecule has 0 saturated carbocycles. The van der Waals surface area contributed by atoms with Crippen LogP contribution in [0, 0.1) is 0 Å². The van der Waals surface area contributed by atoms with E-state index in [1.807, 2.05) is 0 Å². The van der Waals surface area contributed by atoms with E-state index in [1.165, 1.54) is 13.0 Å². The third-order valence-corrected chi connectivity index (χ3v) is 1.95. The summed E-state index contributed by atoms with van der Waals surface area (Å²) in [5.74, 6) is -0.438. The van der Waals surface area contributed by atoms with Crippen LogP contribution in [0.25, 0.3) is 0 Å². The molecule has 0 radical (unpaired) electrons. The lowest BCUT2D eigenvalue weighted by molar-refractivity contribution is -0.141. The molecular weight excluding hydrogens is 221 g/mol. The Morgan fingerprint density at radius 3 is 2.62 bits per heavy atom. The topological polar surface area (TPSA) is 26.3 Å². The fourth-order valence-electron chi connectivity index (χ4n) is 1.22. The van der Waals surface area contributed by atoms with Gasteiger partial charge < -0.3 is 4.74 Å². The molecule has 0 amide bonds. The lowest BCUT2D eigenvalue weighted by atomic mass is 10.1. The van der Waals surface area contributed by atoms with Crippen LogP contribution in [0.4, 0.5) is 13.2 Å². The van der Waals surface area contributed by atoms with E-state index in [0.717, 1.165) is 12.1 Å². The van der Waals surface area contributed by atoms with Crippen LogP contribution < -0.4 is 0 Å². The van der Waals surface area contributed by atoms with Crippen LogP contribution in [0.15, 0.2) is 24.3 Å². The van der Waals surface area contributed by atoms with Crippen molar-refractivity contribution in [3.8, 4) is 0 Å². The van der Waals surface area contributed by atoms with Crippen LogP contribution in [-0.2, 0) is 22.1 Å². The first kappa shape index (κ1) is 12.5. The van der Waals surface area contributed by atoms with E-state index >= 15 is 0 Å². The van der Waals surface area contributed by atoms with Gasteiger partial charge in [-0.3, -0.25) is 4.79 Å². The lowest BCUT2D eigenvalue weighted by Gasteiger charge is -2.08. The minimum atomic E-state index is -4.34. The molecule has 0 N–H and O–H groups in total. The second-order valence-corrected chi connectivity index (χ2v) is 3.29. The van der Waals surface area contributed by atoms with E-state index in [1.54, 1.807) is 6.07 Å². The van der Waals surface area contributed by atoms with E-state index in [-0.39, 0.29) is 13.0 Å². The number of alkyl halides is 3. The molecule has 16 heavy (non-hydrogen) atoms. The van der Waals surface area contributed by atoms with E-state index in [9.17, 15) is 18.0 Å². The summed E-state index contributed by atoms with van der Waals surface area (Å²) >= 11 is 0. The van der Waals surface area contributed by atoms with Crippen LogP contribution in [-0.4, -0.2) is 12.6 Å². The third kappa shape index (κ3) is 3.92. The van der Waals surface area contributed by atoms with Crippen molar-refractivity contribution in [3.05, 3.63) is 35.4 Å². The number of rotatable bonds is 3. The maximum atomic E-state index is 12.3. The Kier molecular flexibility index (Phi) is 3.93. The SMILES string of the molecule is CC(=O)OCCc1cccc(C(F)(F)F)c1. The van der Waals surface area contributed by atoms with Crippen molar-refractivity contribution in [1.82, 2.24) is 0 Å². The Hall–Kier alpha value is -1.52. The number of benzene rings is 1. The minimum Gasteiger partial charge on any atom is -0.466 e. The van der Waals surface area contributed by atoms with Crippen molar-refractivity contribution in [2.45, 2.75) is 19.5 Å². The van der Waals surface area contributed by atoms with Crippen LogP contribution in [0.2, 0.25) is 0 Å². The maximum absolute atomic E-state index is 12.3. The van der Waals surface area contributed by atoms with Gasteiger partial charge in [-0.25, -0.2) is 0 Å². The summed E-state index contributed by atoms with van der Waals surface area (Å²) in [6, 6.07) is 4.98. The fraction of sp³-hybridized carbons (Fsp3) is 0.364. The predicted octanol–water partition coefficient (Wildman–Crippen LogP) is 2.81. The molecule has 0 aliphatic carbocycles. The first-order valence-corrected chi connectivity index (χ1v) is 4.69. The van der Waals surface area contributed by atoms with Gasteiger partial charge in [0.25, 0.3) is 0 Å². The smallest absolute Gasteiger partial charge is 0.416 e. The van der Waals surface area contributed by atoms with E-state index in [4.69, 9.17) is 0 Å². The molecule has 2 nitrogen and oxygen atoms in total. The van der Waals surface area contributed by atoms with Gasteiger partial charge in [0, 0.05) is 13.3 Å². The van der Waals surface area contributed by atoms with Gasteiger partial charge in [-0.05, 0) is 11.6 Å². The first-order valence-electron chi connectivity index (χ1n) is 4.69. The molecule has 0 aliphatic rings. The Morgan fingerprint density at radius 2 is 2.06 bits per heavy atom. The van der Waals surface area contributed by atoms with Crippen molar-refractivity contribution >= 4 is 5.97 Å². The second-order valence-electron chi connectivity index (χ2n) is 3.29. The summed E-state index contributed by atoms with van der Waals surface area (Å²) in [6.45, 7) is 1.35. The number of hydrogen-bond acceptors (Lipinski definition) is 2. The number of esters is 1. The monoisotopic (exact) mass is 232 g/mol. The zero-order valence-corrected chi connectivity index (χ0v) is 8.67. The molecule has 1 rings (SSSR count). The number of ether oxygens (including phenoxy) is 1. The molecule has 0 bridgehead atoms. The zero-order valence-electron chi connectivity index (χ0n) is 8.67. The molecule has 5 heteroatoms. The minimum absolute atomic E-state index is 0.0939. The maximum Gasteiger partial charge on any atom is 0.416 e. The molecule has 0 atom stereocenters. The summed E-state index contributed by atoms with van der Waals surface area (Å²) < 4.78 is 41.6. The van der Waals surface area contributed by atoms with Crippen LogP contribution in [0.1, 0.15) is 18.1 Å².